The lowest BCUT2D eigenvalue weighted by Gasteiger charge is -2.12. The summed E-state index contributed by atoms with van der Waals surface area (Å²) in [5.74, 6) is -1.10. The predicted molar refractivity (Wildman–Crippen MR) is 86.3 cm³/mol. The molecular weight excluding hydrogens is 320 g/mol. The van der Waals surface area contributed by atoms with Crippen molar-refractivity contribution in [3.8, 4) is 0 Å². The number of anilines is 1. The summed E-state index contributed by atoms with van der Waals surface area (Å²) >= 11 is 0. The van der Waals surface area contributed by atoms with Crippen molar-refractivity contribution in [3.63, 3.8) is 0 Å². The van der Waals surface area contributed by atoms with Crippen molar-refractivity contribution in [1.82, 2.24) is 4.31 Å². The number of hydrogen-bond donors (Lipinski definition) is 1. The summed E-state index contributed by atoms with van der Waals surface area (Å²) in [7, 11) is -0.635. The molecule has 1 N–H and O–H groups in total. The van der Waals surface area contributed by atoms with Crippen molar-refractivity contribution in [1.29, 1.82) is 0 Å². The number of ether oxygens (including phenoxy) is 1. The molecule has 1 aromatic carbocycles. The van der Waals surface area contributed by atoms with Gasteiger partial charge in [-0.15, -0.1) is 0 Å². The second kappa shape index (κ2) is 8.44. The highest BCUT2D eigenvalue weighted by molar-refractivity contribution is 7.89. The van der Waals surface area contributed by atoms with Crippen LogP contribution in [0.25, 0.3) is 0 Å². The van der Waals surface area contributed by atoms with E-state index in [1.54, 1.807) is 6.08 Å². The third-order valence-corrected chi connectivity index (χ3v) is 4.58. The van der Waals surface area contributed by atoms with Crippen LogP contribution in [0.3, 0.4) is 0 Å². The summed E-state index contributed by atoms with van der Waals surface area (Å²) in [5, 5.41) is 2.51. The molecule has 0 spiro atoms. The molecule has 8 heteroatoms. The Kier molecular flexibility index (Phi) is 6.92. The molecule has 0 saturated carbocycles. The first-order valence-electron chi connectivity index (χ1n) is 6.93. The van der Waals surface area contributed by atoms with E-state index in [1.165, 1.54) is 44.4 Å². The van der Waals surface area contributed by atoms with Crippen molar-refractivity contribution in [3.05, 3.63) is 36.4 Å². The molecule has 0 fully saturated rings. The van der Waals surface area contributed by atoms with E-state index in [9.17, 15) is 18.0 Å². The molecule has 0 unspecified atom stereocenters. The van der Waals surface area contributed by atoms with Crippen LogP contribution in [0.4, 0.5) is 5.69 Å². The molecule has 1 amide bonds. The minimum Gasteiger partial charge on any atom is -0.452 e. The molecule has 0 aliphatic rings. The van der Waals surface area contributed by atoms with Gasteiger partial charge in [-0.1, -0.05) is 13.0 Å². The van der Waals surface area contributed by atoms with E-state index in [2.05, 4.69) is 5.32 Å². The highest BCUT2D eigenvalue weighted by Gasteiger charge is 2.16. The summed E-state index contributed by atoms with van der Waals surface area (Å²) in [6, 6.07) is 5.71. The zero-order valence-electron chi connectivity index (χ0n) is 13.3. The molecule has 0 aliphatic heterocycles. The zero-order chi connectivity index (χ0) is 17.5. The normalized spacial score (nSPS) is 11.7. The Bertz CT molecular complexity index is 678. The quantitative estimate of drug-likeness (QED) is 0.598. The van der Waals surface area contributed by atoms with Gasteiger partial charge in [-0.2, -0.15) is 0 Å². The third kappa shape index (κ3) is 5.84. The van der Waals surface area contributed by atoms with Crippen molar-refractivity contribution < 1.29 is 22.7 Å². The van der Waals surface area contributed by atoms with E-state index in [1.807, 2.05) is 6.92 Å². The SMILES string of the molecule is CC/C=C/C(=O)OCC(=O)Nc1ccc(S(=O)(=O)N(C)C)cc1. The standard InChI is InChI=1S/C15H20N2O5S/c1-4-5-6-15(19)22-11-14(18)16-12-7-9-13(10-8-12)23(20,21)17(2)3/h5-10H,4,11H2,1-3H3,(H,16,18)/b6-5+. The Balaban J connectivity index is 2.60. The number of hydrogen-bond acceptors (Lipinski definition) is 5. The second-order valence-electron chi connectivity index (χ2n) is 4.78. The van der Waals surface area contributed by atoms with Gasteiger partial charge in [-0.05, 0) is 30.7 Å². The lowest BCUT2D eigenvalue weighted by molar-refractivity contribution is -0.142. The van der Waals surface area contributed by atoms with Gasteiger partial charge >= 0.3 is 5.97 Å². The molecule has 126 valence electrons. The molecule has 0 saturated heterocycles. The second-order valence-corrected chi connectivity index (χ2v) is 6.93. The van der Waals surface area contributed by atoms with Gasteiger partial charge < -0.3 is 10.1 Å². The fraction of sp³-hybridized carbons (Fsp3) is 0.333. The first-order valence-corrected chi connectivity index (χ1v) is 8.37. The van der Waals surface area contributed by atoms with E-state index in [4.69, 9.17) is 4.74 Å². The summed E-state index contributed by atoms with van der Waals surface area (Å²) in [5.41, 5.74) is 0.410. The van der Waals surface area contributed by atoms with Crippen LogP contribution in [-0.2, 0) is 24.3 Å². The Hall–Kier alpha value is -2.19. The number of carbonyl (C=O) groups is 2. The first-order chi connectivity index (χ1) is 10.8. The summed E-state index contributed by atoms with van der Waals surface area (Å²) < 4.78 is 29.7. The van der Waals surface area contributed by atoms with E-state index in [0.717, 1.165) is 4.31 Å². The van der Waals surface area contributed by atoms with Crippen LogP contribution >= 0.6 is 0 Å². The minimum atomic E-state index is -3.51. The molecule has 7 nitrogen and oxygen atoms in total. The van der Waals surface area contributed by atoms with Crippen LogP contribution in [0.5, 0.6) is 0 Å². The number of sulfonamides is 1. The summed E-state index contributed by atoms with van der Waals surface area (Å²) in [6.45, 7) is 1.46. The van der Waals surface area contributed by atoms with Gasteiger partial charge in [0.05, 0.1) is 4.90 Å². The largest absolute Gasteiger partial charge is 0.452 e. The lowest BCUT2D eigenvalue weighted by atomic mass is 10.3. The number of esters is 1. The lowest BCUT2D eigenvalue weighted by Crippen LogP contribution is -2.22. The number of benzene rings is 1. The minimum absolute atomic E-state index is 0.122. The highest BCUT2D eigenvalue weighted by Crippen LogP contribution is 2.16. The van der Waals surface area contributed by atoms with Crippen LogP contribution in [0.2, 0.25) is 0 Å². The average molecular weight is 340 g/mol. The maximum absolute atomic E-state index is 11.9. The predicted octanol–water partition coefficient (Wildman–Crippen LogP) is 1.38. The molecule has 23 heavy (non-hydrogen) atoms. The smallest absolute Gasteiger partial charge is 0.330 e. The van der Waals surface area contributed by atoms with Crippen molar-refractivity contribution >= 4 is 27.6 Å². The van der Waals surface area contributed by atoms with E-state index < -0.39 is 28.5 Å². The van der Waals surface area contributed by atoms with E-state index in [0.29, 0.717) is 12.1 Å². The van der Waals surface area contributed by atoms with E-state index >= 15 is 0 Å². The molecule has 0 heterocycles. The van der Waals surface area contributed by atoms with Crippen molar-refractivity contribution in [2.24, 2.45) is 0 Å². The topological polar surface area (TPSA) is 92.8 Å². The van der Waals surface area contributed by atoms with Crippen molar-refractivity contribution in [2.45, 2.75) is 18.2 Å². The Morgan fingerprint density at radius 2 is 1.83 bits per heavy atom. The Morgan fingerprint density at radius 3 is 2.35 bits per heavy atom. The highest BCUT2D eigenvalue weighted by atomic mass is 32.2. The Morgan fingerprint density at radius 1 is 1.22 bits per heavy atom. The maximum Gasteiger partial charge on any atom is 0.330 e. The van der Waals surface area contributed by atoms with Gasteiger partial charge in [0.25, 0.3) is 5.91 Å². The van der Waals surface area contributed by atoms with Gasteiger partial charge in [0.2, 0.25) is 10.0 Å². The van der Waals surface area contributed by atoms with Crippen LogP contribution in [0, 0.1) is 0 Å². The molecular formula is C15H20N2O5S. The van der Waals surface area contributed by atoms with Gasteiger partial charge in [0.1, 0.15) is 0 Å². The monoisotopic (exact) mass is 340 g/mol. The van der Waals surface area contributed by atoms with Gasteiger partial charge in [-0.3, -0.25) is 4.79 Å². The van der Waals surface area contributed by atoms with Crippen LogP contribution in [-0.4, -0.2) is 45.3 Å². The van der Waals surface area contributed by atoms with Gasteiger partial charge in [0.15, 0.2) is 6.61 Å². The Labute approximate surface area is 136 Å². The zero-order valence-corrected chi connectivity index (χ0v) is 14.1. The average Bonchev–Trinajstić information content (AvgIpc) is 2.51. The first kappa shape index (κ1) is 18.9. The number of carbonyl (C=O) groups excluding carboxylic acids is 2. The van der Waals surface area contributed by atoms with Crippen molar-refractivity contribution in [2.75, 3.05) is 26.0 Å². The summed E-state index contributed by atoms with van der Waals surface area (Å²) in [6.07, 6.45) is 3.59. The molecule has 0 radical (unpaired) electrons. The summed E-state index contributed by atoms with van der Waals surface area (Å²) in [4.78, 5) is 23.0. The van der Waals surface area contributed by atoms with Crippen LogP contribution < -0.4 is 5.32 Å². The number of nitrogens with zero attached hydrogens (tertiary/aromatic N) is 1. The number of allylic oxidation sites excluding steroid dienone is 1. The molecule has 1 aromatic rings. The maximum atomic E-state index is 11.9. The number of nitrogens with one attached hydrogen (secondary N) is 1. The molecule has 0 aromatic heterocycles. The molecule has 1 rings (SSSR count). The fourth-order valence-corrected chi connectivity index (χ4v) is 2.42. The van der Waals surface area contributed by atoms with Gasteiger partial charge in [0, 0.05) is 25.9 Å². The van der Waals surface area contributed by atoms with E-state index in [-0.39, 0.29) is 4.90 Å². The van der Waals surface area contributed by atoms with Crippen LogP contribution in [0.1, 0.15) is 13.3 Å². The molecule has 0 aliphatic carbocycles. The molecule has 0 atom stereocenters. The van der Waals surface area contributed by atoms with Crippen LogP contribution in [0.15, 0.2) is 41.3 Å². The molecule has 0 bridgehead atoms. The van der Waals surface area contributed by atoms with Gasteiger partial charge in [-0.25, -0.2) is 17.5 Å². The number of rotatable bonds is 7. The number of amides is 1. The fourth-order valence-electron chi connectivity index (χ4n) is 1.52. The third-order valence-electron chi connectivity index (χ3n) is 2.75.